The zero-order valence-electron chi connectivity index (χ0n) is 15.6. The number of cyclic esters (lactones) is 1. The van der Waals surface area contributed by atoms with Crippen LogP contribution in [0.5, 0.6) is 0 Å². The Bertz CT molecular complexity index is 543. The number of unbranched alkanes of at least 4 members (excludes halogenated alkanes) is 3. The lowest BCUT2D eigenvalue weighted by atomic mass is 9.94. The summed E-state index contributed by atoms with van der Waals surface area (Å²) in [5, 5.41) is 0. The van der Waals surface area contributed by atoms with Crippen LogP contribution in [-0.4, -0.2) is 29.5 Å². The molecule has 25 heavy (non-hydrogen) atoms. The third-order valence-electron chi connectivity index (χ3n) is 4.91. The van der Waals surface area contributed by atoms with Gasteiger partial charge in [-0.15, -0.1) is 0 Å². The summed E-state index contributed by atoms with van der Waals surface area (Å²) in [5.74, 6) is -0.104. The van der Waals surface area contributed by atoms with Crippen molar-refractivity contribution in [1.29, 1.82) is 0 Å². The van der Waals surface area contributed by atoms with Crippen LogP contribution < -0.4 is 0 Å². The first-order valence-electron chi connectivity index (χ1n) is 9.71. The van der Waals surface area contributed by atoms with Crippen LogP contribution in [0, 0.1) is 5.92 Å². The van der Waals surface area contributed by atoms with Gasteiger partial charge in [0.1, 0.15) is 6.61 Å². The Kier molecular flexibility index (Phi) is 7.96. The minimum Gasteiger partial charge on any atom is -0.447 e. The molecule has 1 heterocycles. The molecule has 2 amide bonds. The first-order valence-corrected chi connectivity index (χ1v) is 9.71. The van der Waals surface area contributed by atoms with Crippen LogP contribution in [0.3, 0.4) is 0 Å². The lowest BCUT2D eigenvalue weighted by Gasteiger charge is -2.25. The summed E-state index contributed by atoms with van der Waals surface area (Å²) in [5.41, 5.74) is 1.12. The Morgan fingerprint density at radius 1 is 1.12 bits per heavy atom. The second-order valence-corrected chi connectivity index (χ2v) is 6.96. The van der Waals surface area contributed by atoms with Crippen molar-refractivity contribution in [3.63, 3.8) is 0 Å². The van der Waals surface area contributed by atoms with Gasteiger partial charge in [0.2, 0.25) is 5.91 Å². The predicted molar refractivity (Wildman–Crippen MR) is 99.3 cm³/mol. The van der Waals surface area contributed by atoms with Crippen molar-refractivity contribution in [2.24, 2.45) is 5.92 Å². The molecule has 1 saturated heterocycles. The average molecular weight is 345 g/mol. The van der Waals surface area contributed by atoms with Gasteiger partial charge in [0.25, 0.3) is 0 Å². The van der Waals surface area contributed by atoms with E-state index in [1.165, 1.54) is 17.7 Å². The molecule has 0 N–H and O–H groups in total. The molecule has 0 aromatic heterocycles. The van der Waals surface area contributed by atoms with E-state index in [9.17, 15) is 9.59 Å². The van der Waals surface area contributed by atoms with Crippen LogP contribution in [0.4, 0.5) is 4.79 Å². The maximum absolute atomic E-state index is 13.0. The minimum absolute atomic E-state index is 0.0400. The Hall–Kier alpha value is -1.84. The van der Waals surface area contributed by atoms with E-state index >= 15 is 0 Å². The molecule has 4 heteroatoms. The molecule has 138 valence electrons. The van der Waals surface area contributed by atoms with Gasteiger partial charge in [-0.05, 0) is 24.8 Å². The lowest BCUT2D eigenvalue weighted by Crippen LogP contribution is -2.43. The van der Waals surface area contributed by atoms with Gasteiger partial charge in [0.05, 0.1) is 6.04 Å². The van der Waals surface area contributed by atoms with E-state index in [-0.39, 0.29) is 17.9 Å². The molecule has 1 aromatic carbocycles. The molecule has 1 aliphatic rings. The zero-order chi connectivity index (χ0) is 18.1. The predicted octanol–water partition coefficient (Wildman–Crippen LogP) is 4.96. The topological polar surface area (TPSA) is 46.6 Å². The van der Waals surface area contributed by atoms with Crippen LogP contribution in [0.2, 0.25) is 0 Å². The van der Waals surface area contributed by atoms with Crippen molar-refractivity contribution in [2.45, 2.75) is 71.3 Å². The number of nitrogens with zero attached hydrogens (tertiary/aromatic N) is 1. The third kappa shape index (κ3) is 5.58. The molecule has 0 bridgehead atoms. The number of hydrogen-bond donors (Lipinski definition) is 0. The van der Waals surface area contributed by atoms with Gasteiger partial charge in [-0.25, -0.2) is 9.69 Å². The van der Waals surface area contributed by atoms with Crippen LogP contribution >= 0.6 is 0 Å². The van der Waals surface area contributed by atoms with Gasteiger partial charge in [-0.2, -0.15) is 0 Å². The largest absolute Gasteiger partial charge is 0.447 e. The molecule has 0 unspecified atom stereocenters. The van der Waals surface area contributed by atoms with E-state index in [0.29, 0.717) is 13.0 Å². The first kappa shape index (κ1) is 19.5. The number of ether oxygens (including phenoxy) is 1. The van der Waals surface area contributed by atoms with Gasteiger partial charge in [0, 0.05) is 5.92 Å². The Morgan fingerprint density at radius 3 is 2.56 bits per heavy atom. The Morgan fingerprint density at radius 2 is 1.88 bits per heavy atom. The third-order valence-corrected chi connectivity index (χ3v) is 4.91. The molecule has 2 atom stereocenters. The quantitative estimate of drug-likeness (QED) is 0.563. The van der Waals surface area contributed by atoms with E-state index in [4.69, 9.17) is 4.74 Å². The fraction of sp³-hybridized carbons (Fsp3) is 0.619. The molecule has 1 aliphatic heterocycles. The highest BCUT2D eigenvalue weighted by molar-refractivity contribution is 5.94. The molecule has 0 spiro atoms. The number of benzene rings is 1. The molecule has 0 aliphatic carbocycles. The van der Waals surface area contributed by atoms with Gasteiger partial charge in [0.15, 0.2) is 0 Å². The van der Waals surface area contributed by atoms with Crippen molar-refractivity contribution >= 4 is 12.0 Å². The van der Waals surface area contributed by atoms with E-state index in [1.807, 2.05) is 30.3 Å². The highest BCUT2D eigenvalue weighted by Crippen LogP contribution is 2.25. The molecular weight excluding hydrogens is 314 g/mol. The number of amides is 2. The number of rotatable bonds is 10. The van der Waals surface area contributed by atoms with Crippen molar-refractivity contribution in [3.05, 3.63) is 35.9 Å². The Labute approximate surface area is 151 Å². The summed E-state index contributed by atoms with van der Waals surface area (Å²) in [6.45, 7) is 4.58. The average Bonchev–Trinajstić information content (AvgIpc) is 2.98. The number of carbonyl (C=O) groups is 2. The van der Waals surface area contributed by atoms with Gasteiger partial charge in [-0.3, -0.25) is 4.79 Å². The molecule has 0 saturated carbocycles. The van der Waals surface area contributed by atoms with Crippen molar-refractivity contribution < 1.29 is 14.3 Å². The molecule has 1 fully saturated rings. The molecular formula is C21H31NO3. The maximum atomic E-state index is 13.0. The molecule has 1 aromatic rings. The zero-order valence-corrected chi connectivity index (χ0v) is 15.6. The van der Waals surface area contributed by atoms with Gasteiger partial charge in [-0.1, -0.05) is 76.3 Å². The summed E-state index contributed by atoms with van der Waals surface area (Å²) in [7, 11) is 0. The van der Waals surface area contributed by atoms with Crippen molar-refractivity contribution in [2.75, 3.05) is 6.61 Å². The van der Waals surface area contributed by atoms with Gasteiger partial charge < -0.3 is 4.74 Å². The summed E-state index contributed by atoms with van der Waals surface area (Å²) in [6.07, 6.45) is 7.45. The second-order valence-electron chi connectivity index (χ2n) is 6.96. The standard InChI is InChI=1S/C21H31NO3/c1-3-5-6-10-14-18(11-4-2)20(23)22-19(16-25-21(22)24)15-17-12-8-7-9-13-17/h7-9,12-13,18-19H,3-6,10-11,14-16H2,1-2H3/t18-,19-/m1/s1. The summed E-state index contributed by atoms with van der Waals surface area (Å²) in [6, 6.07) is 9.80. The number of imide groups is 1. The van der Waals surface area contributed by atoms with E-state index in [1.54, 1.807) is 0 Å². The smallest absolute Gasteiger partial charge is 0.416 e. The summed E-state index contributed by atoms with van der Waals surface area (Å²) in [4.78, 5) is 26.6. The van der Waals surface area contributed by atoms with E-state index in [0.717, 1.165) is 37.7 Å². The molecule has 4 nitrogen and oxygen atoms in total. The van der Waals surface area contributed by atoms with E-state index in [2.05, 4.69) is 13.8 Å². The van der Waals surface area contributed by atoms with Crippen LogP contribution in [0.25, 0.3) is 0 Å². The van der Waals surface area contributed by atoms with Gasteiger partial charge >= 0.3 is 6.09 Å². The normalized spacial score (nSPS) is 18.2. The van der Waals surface area contributed by atoms with Crippen LogP contribution in [0.15, 0.2) is 30.3 Å². The lowest BCUT2D eigenvalue weighted by molar-refractivity contribution is -0.134. The van der Waals surface area contributed by atoms with E-state index < -0.39 is 6.09 Å². The fourth-order valence-corrected chi connectivity index (χ4v) is 3.52. The highest BCUT2D eigenvalue weighted by Gasteiger charge is 2.40. The fourth-order valence-electron chi connectivity index (χ4n) is 3.52. The summed E-state index contributed by atoms with van der Waals surface area (Å²) >= 11 is 0. The minimum atomic E-state index is -0.472. The SMILES string of the molecule is CCCCCC[C@@H](CCC)C(=O)N1C(=O)OC[C@H]1Cc1ccccc1. The monoisotopic (exact) mass is 345 g/mol. The highest BCUT2D eigenvalue weighted by atomic mass is 16.6. The molecule has 2 rings (SSSR count). The van der Waals surface area contributed by atoms with Crippen LogP contribution in [0.1, 0.15) is 64.4 Å². The second kappa shape index (κ2) is 10.2. The Balaban J connectivity index is 2.02. The first-order chi connectivity index (χ1) is 12.2. The number of hydrogen-bond acceptors (Lipinski definition) is 3. The number of carbonyl (C=O) groups excluding carboxylic acids is 2. The summed E-state index contributed by atoms with van der Waals surface area (Å²) < 4.78 is 5.21. The molecule has 0 radical (unpaired) electrons. The van der Waals surface area contributed by atoms with Crippen molar-refractivity contribution in [3.8, 4) is 0 Å². The van der Waals surface area contributed by atoms with Crippen LogP contribution in [-0.2, 0) is 16.0 Å². The maximum Gasteiger partial charge on any atom is 0.416 e. The van der Waals surface area contributed by atoms with Crippen molar-refractivity contribution in [1.82, 2.24) is 4.90 Å².